The summed E-state index contributed by atoms with van der Waals surface area (Å²) >= 11 is 0. The van der Waals surface area contributed by atoms with E-state index in [0.29, 0.717) is 0 Å². The van der Waals surface area contributed by atoms with Crippen LogP contribution in [0, 0.1) is 0 Å². The molecule has 8 heteroatoms. The van der Waals surface area contributed by atoms with Gasteiger partial charge in [0, 0.05) is 0 Å². The standard InChI is InChI=1S/C24H54O5Si3/c1-17(27-30(11,12)22(2,3)4)18-19(28-31(13,14)23(5,6)7)20(21(25)26-18)29-32(15,16)24(8,9)10/h17-21,25H,1-16H3/t17-,18+,19+,20-,21-/m1/s1. The Hall–Kier alpha value is 0.451. The highest BCUT2D eigenvalue weighted by molar-refractivity contribution is 6.75. The fourth-order valence-electron chi connectivity index (χ4n) is 3.04. The molecule has 0 aliphatic carbocycles. The molecular formula is C24H54O5Si3. The first kappa shape index (κ1) is 30.5. The Kier molecular flexibility index (Phi) is 9.03. The van der Waals surface area contributed by atoms with Crippen molar-refractivity contribution in [2.75, 3.05) is 0 Å². The van der Waals surface area contributed by atoms with E-state index in [1.807, 2.05) is 0 Å². The molecule has 0 amide bonds. The highest BCUT2D eigenvalue weighted by Gasteiger charge is 2.55. The molecule has 1 aliphatic rings. The van der Waals surface area contributed by atoms with Crippen molar-refractivity contribution < 1.29 is 23.1 Å². The van der Waals surface area contributed by atoms with E-state index < -0.39 is 37.3 Å². The molecule has 0 bridgehead atoms. The molecule has 5 atom stereocenters. The van der Waals surface area contributed by atoms with E-state index in [1.54, 1.807) is 0 Å². The topological polar surface area (TPSA) is 57.2 Å². The van der Waals surface area contributed by atoms with Crippen molar-refractivity contribution in [3.8, 4) is 0 Å². The highest BCUT2D eigenvalue weighted by atomic mass is 28.4. The van der Waals surface area contributed by atoms with Crippen molar-refractivity contribution in [2.24, 2.45) is 0 Å². The lowest BCUT2D eigenvalue weighted by atomic mass is 10.1. The average molecular weight is 507 g/mol. The second-order valence-corrected chi connectivity index (χ2v) is 28.5. The van der Waals surface area contributed by atoms with Crippen molar-refractivity contribution in [1.29, 1.82) is 0 Å². The lowest BCUT2D eigenvalue weighted by Crippen LogP contribution is -2.56. The van der Waals surface area contributed by atoms with Gasteiger partial charge in [-0.1, -0.05) is 62.3 Å². The van der Waals surface area contributed by atoms with Gasteiger partial charge in [0.25, 0.3) is 0 Å². The summed E-state index contributed by atoms with van der Waals surface area (Å²) in [5.41, 5.74) is 0. The number of rotatable bonds is 7. The van der Waals surface area contributed by atoms with Crippen LogP contribution in [0.4, 0.5) is 0 Å². The van der Waals surface area contributed by atoms with Gasteiger partial charge >= 0.3 is 0 Å². The van der Waals surface area contributed by atoms with E-state index in [4.69, 9.17) is 18.0 Å². The summed E-state index contributed by atoms with van der Waals surface area (Å²) in [6.07, 6.45) is -2.47. The van der Waals surface area contributed by atoms with Crippen LogP contribution in [-0.2, 0) is 18.0 Å². The van der Waals surface area contributed by atoms with Crippen molar-refractivity contribution >= 4 is 25.0 Å². The Morgan fingerprint density at radius 1 is 0.656 bits per heavy atom. The third-order valence-electron chi connectivity index (χ3n) is 8.45. The highest BCUT2D eigenvalue weighted by Crippen LogP contribution is 2.45. The second kappa shape index (κ2) is 9.48. The van der Waals surface area contributed by atoms with Crippen molar-refractivity contribution in [3.05, 3.63) is 0 Å². The number of hydrogen-bond donors (Lipinski definition) is 1. The summed E-state index contributed by atoms with van der Waals surface area (Å²) in [6, 6.07) is 0. The molecule has 192 valence electrons. The number of hydrogen-bond acceptors (Lipinski definition) is 5. The molecule has 1 aliphatic heterocycles. The zero-order chi connectivity index (χ0) is 25.7. The van der Waals surface area contributed by atoms with Crippen LogP contribution >= 0.6 is 0 Å². The third kappa shape index (κ3) is 6.77. The van der Waals surface area contributed by atoms with Crippen LogP contribution in [0.25, 0.3) is 0 Å². The number of aliphatic hydroxyl groups excluding tert-OH is 1. The fraction of sp³-hybridized carbons (Fsp3) is 1.00. The average Bonchev–Trinajstić information content (AvgIpc) is 2.79. The van der Waals surface area contributed by atoms with Crippen molar-refractivity contribution in [1.82, 2.24) is 0 Å². The molecule has 1 rings (SSSR count). The maximum atomic E-state index is 11.0. The van der Waals surface area contributed by atoms with Gasteiger partial charge in [-0.3, -0.25) is 0 Å². The van der Waals surface area contributed by atoms with Crippen LogP contribution in [0.2, 0.25) is 54.4 Å². The quantitative estimate of drug-likeness (QED) is 0.381. The first-order chi connectivity index (χ1) is 13.8. The van der Waals surface area contributed by atoms with Crippen LogP contribution < -0.4 is 0 Å². The van der Waals surface area contributed by atoms with Gasteiger partial charge in [-0.2, -0.15) is 0 Å². The molecular weight excluding hydrogens is 453 g/mol. The zero-order valence-electron chi connectivity index (χ0n) is 24.0. The summed E-state index contributed by atoms with van der Waals surface area (Å²) in [7, 11) is -6.32. The molecule has 5 nitrogen and oxygen atoms in total. The summed E-state index contributed by atoms with van der Waals surface area (Å²) < 4.78 is 26.5. The van der Waals surface area contributed by atoms with Crippen LogP contribution in [-0.4, -0.2) is 60.8 Å². The van der Waals surface area contributed by atoms with Crippen molar-refractivity contribution in [3.63, 3.8) is 0 Å². The van der Waals surface area contributed by atoms with Gasteiger partial charge in [0.1, 0.15) is 18.3 Å². The molecule has 0 radical (unpaired) electrons. The molecule has 0 unspecified atom stereocenters. The predicted octanol–water partition coefficient (Wildman–Crippen LogP) is 6.89. The Bertz CT molecular complexity index is 629. The molecule has 1 saturated heterocycles. The minimum absolute atomic E-state index is 0.0234. The maximum absolute atomic E-state index is 11.0. The van der Waals surface area contributed by atoms with Gasteiger partial charge in [-0.05, 0) is 61.3 Å². The summed E-state index contributed by atoms with van der Waals surface area (Å²) in [4.78, 5) is 0. The lowest BCUT2D eigenvalue weighted by Gasteiger charge is -2.45. The molecule has 0 aromatic rings. The van der Waals surface area contributed by atoms with Crippen molar-refractivity contribution in [2.45, 2.75) is 154 Å². The summed E-state index contributed by atoms with van der Waals surface area (Å²) in [5, 5.41) is 11.2. The summed E-state index contributed by atoms with van der Waals surface area (Å²) in [6.45, 7) is 35.6. The van der Waals surface area contributed by atoms with Crippen LogP contribution in [0.15, 0.2) is 0 Å². The van der Waals surface area contributed by atoms with Gasteiger partial charge in [-0.15, -0.1) is 0 Å². The molecule has 1 N–H and O–H groups in total. The van der Waals surface area contributed by atoms with Crippen LogP contribution in [0.5, 0.6) is 0 Å². The minimum atomic E-state index is -2.15. The van der Waals surface area contributed by atoms with Gasteiger partial charge in [-0.25, -0.2) is 0 Å². The Morgan fingerprint density at radius 2 is 1.00 bits per heavy atom. The predicted molar refractivity (Wildman–Crippen MR) is 143 cm³/mol. The van der Waals surface area contributed by atoms with E-state index in [1.165, 1.54) is 0 Å². The van der Waals surface area contributed by atoms with E-state index in [9.17, 15) is 5.11 Å². The van der Waals surface area contributed by atoms with Gasteiger partial charge in [0.05, 0.1) is 6.10 Å². The monoisotopic (exact) mass is 506 g/mol. The normalized spacial score (nSPS) is 27.7. The number of aliphatic hydroxyl groups is 1. The lowest BCUT2D eigenvalue weighted by molar-refractivity contribution is -0.139. The maximum Gasteiger partial charge on any atom is 0.192 e. The molecule has 32 heavy (non-hydrogen) atoms. The fourth-order valence-corrected chi connectivity index (χ4v) is 7.05. The first-order valence-electron chi connectivity index (χ1n) is 12.2. The van der Waals surface area contributed by atoms with Crippen LogP contribution in [0.3, 0.4) is 0 Å². The van der Waals surface area contributed by atoms with E-state index in [2.05, 4.69) is 109 Å². The summed E-state index contributed by atoms with van der Waals surface area (Å²) in [5.74, 6) is 0. The molecule has 1 heterocycles. The largest absolute Gasteiger partial charge is 0.411 e. The molecule has 1 fully saturated rings. The Labute approximate surface area is 202 Å². The van der Waals surface area contributed by atoms with E-state index in [-0.39, 0.29) is 33.4 Å². The SMILES string of the molecule is C[C@@H](O[Si](C)(C)C(C)(C)C)[C@@H]1O[C@@H](O)[C@H](O[Si](C)(C)C(C)(C)C)[C@H]1O[Si](C)(C)C(C)(C)C. The number of ether oxygens (including phenoxy) is 1. The Morgan fingerprint density at radius 3 is 1.34 bits per heavy atom. The van der Waals surface area contributed by atoms with Gasteiger partial charge in [0.2, 0.25) is 0 Å². The molecule has 0 aromatic carbocycles. The zero-order valence-corrected chi connectivity index (χ0v) is 27.0. The molecule has 0 saturated carbocycles. The molecule has 0 aromatic heterocycles. The second-order valence-electron chi connectivity index (χ2n) is 14.3. The first-order valence-corrected chi connectivity index (χ1v) is 20.9. The minimum Gasteiger partial charge on any atom is -0.411 e. The van der Waals surface area contributed by atoms with Gasteiger partial charge < -0.3 is 23.1 Å². The molecule has 0 spiro atoms. The Balaban J connectivity index is 3.34. The van der Waals surface area contributed by atoms with E-state index in [0.717, 1.165) is 0 Å². The third-order valence-corrected chi connectivity index (χ3v) is 22.0. The van der Waals surface area contributed by atoms with E-state index >= 15 is 0 Å². The van der Waals surface area contributed by atoms with Gasteiger partial charge in [0.15, 0.2) is 31.2 Å². The smallest absolute Gasteiger partial charge is 0.192 e. The van der Waals surface area contributed by atoms with Crippen LogP contribution in [0.1, 0.15) is 69.2 Å².